The van der Waals surface area contributed by atoms with E-state index in [0.29, 0.717) is 17.4 Å². The van der Waals surface area contributed by atoms with Crippen molar-refractivity contribution >= 4 is 29.9 Å². The van der Waals surface area contributed by atoms with Crippen LogP contribution in [0.5, 0.6) is 0 Å². The summed E-state index contributed by atoms with van der Waals surface area (Å²) in [5, 5.41) is 3.35. The highest BCUT2D eigenvalue weighted by molar-refractivity contribution is 14.0. The lowest BCUT2D eigenvalue weighted by molar-refractivity contribution is 0.141. The normalized spacial score (nSPS) is 18.7. The molecule has 1 aliphatic carbocycles. The zero-order chi connectivity index (χ0) is 16.4. The van der Waals surface area contributed by atoms with Crippen molar-refractivity contribution in [2.45, 2.75) is 78.2 Å². The Kier molecular flexibility index (Phi) is 12.3. The number of hydrogen-bond donors (Lipinski definition) is 2. The van der Waals surface area contributed by atoms with E-state index in [1.807, 2.05) is 0 Å². The Labute approximate surface area is 160 Å². The minimum Gasteiger partial charge on any atom is -0.385 e. The van der Waals surface area contributed by atoms with E-state index in [2.05, 4.69) is 31.1 Å². The molecule has 0 heterocycles. The third kappa shape index (κ3) is 9.75. The van der Waals surface area contributed by atoms with Gasteiger partial charge < -0.3 is 15.8 Å². The van der Waals surface area contributed by atoms with Gasteiger partial charge in [0.1, 0.15) is 0 Å². The van der Waals surface area contributed by atoms with Crippen molar-refractivity contribution in [1.82, 2.24) is 5.32 Å². The smallest absolute Gasteiger partial charge is 0.188 e. The summed E-state index contributed by atoms with van der Waals surface area (Å²) in [5.74, 6) is 1.39. The first-order valence-electron chi connectivity index (χ1n) is 9.03. The lowest BCUT2D eigenvalue weighted by Gasteiger charge is -2.27. The second kappa shape index (κ2) is 12.3. The molecule has 0 radical (unpaired) electrons. The molecule has 1 saturated carbocycles. The summed E-state index contributed by atoms with van der Waals surface area (Å²) < 4.78 is 5.27. The molecule has 3 N–H and O–H groups in total. The second-order valence-electron chi connectivity index (χ2n) is 7.52. The number of methoxy groups -OCH3 is 1. The average molecular weight is 439 g/mol. The van der Waals surface area contributed by atoms with Gasteiger partial charge in [0, 0.05) is 26.3 Å². The van der Waals surface area contributed by atoms with Gasteiger partial charge in [0.25, 0.3) is 0 Å². The highest BCUT2D eigenvalue weighted by Gasteiger charge is 2.33. The van der Waals surface area contributed by atoms with E-state index in [1.54, 1.807) is 7.11 Å². The third-order valence-corrected chi connectivity index (χ3v) is 4.90. The van der Waals surface area contributed by atoms with Crippen LogP contribution in [0.3, 0.4) is 0 Å². The van der Waals surface area contributed by atoms with Crippen LogP contribution in [0, 0.1) is 11.3 Å². The fourth-order valence-electron chi connectivity index (χ4n) is 3.39. The van der Waals surface area contributed by atoms with E-state index in [-0.39, 0.29) is 24.0 Å². The molecular weight excluding hydrogens is 401 g/mol. The standard InChI is InChI=1S/C18H37N3O.HI/c1-15(2)8-7-9-16(3)21-17(19)20-14-18(12-13-22-4)10-5-6-11-18;/h15-16H,5-14H2,1-4H3,(H3,19,20,21);1H. The van der Waals surface area contributed by atoms with Gasteiger partial charge in [-0.25, -0.2) is 0 Å². The molecule has 1 fully saturated rings. The molecule has 0 aromatic heterocycles. The molecule has 4 nitrogen and oxygen atoms in total. The summed E-state index contributed by atoms with van der Waals surface area (Å²) >= 11 is 0. The van der Waals surface area contributed by atoms with Gasteiger partial charge in [0.05, 0.1) is 0 Å². The van der Waals surface area contributed by atoms with Crippen LogP contribution in [0.2, 0.25) is 0 Å². The number of halogens is 1. The van der Waals surface area contributed by atoms with E-state index in [9.17, 15) is 0 Å². The predicted octanol–water partition coefficient (Wildman–Crippen LogP) is 4.32. The van der Waals surface area contributed by atoms with Crippen LogP contribution in [0.1, 0.15) is 72.1 Å². The Balaban J connectivity index is 0.00000484. The van der Waals surface area contributed by atoms with Crippen molar-refractivity contribution < 1.29 is 4.74 Å². The molecule has 138 valence electrons. The Hall–Kier alpha value is -0.0400. The molecule has 1 aliphatic rings. The summed E-state index contributed by atoms with van der Waals surface area (Å²) in [6, 6.07) is 0.404. The Morgan fingerprint density at radius 3 is 2.43 bits per heavy atom. The van der Waals surface area contributed by atoms with Crippen LogP contribution in [0.15, 0.2) is 4.99 Å². The summed E-state index contributed by atoms with van der Waals surface area (Å²) in [4.78, 5) is 4.64. The molecule has 1 unspecified atom stereocenters. The maximum atomic E-state index is 6.08. The van der Waals surface area contributed by atoms with Gasteiger partial charge in [-0.1, -0.05) is 39.5 Å². The summed E-state index contributed by atoms with van der Waals surface area (Å²) in [5.41, 5.74) is 6.40. The zero-order valence-electron chi connectivity index (χ0n) is 15.6. The minimum absolute atomic E-state index is 0. The summed E-state index contributed by atoms with van der Waals surface area (Å²) in [7, 11) is 1.78. The zero-order valence-corrected chi connectivity index (χ0v) is 17.9. The Morgan fingerprint density at radius 2 is 1.87 bits per heavy atom. The maximum absolute atomic E-state index is 6.08. The van der Waals surface area contributed by atoms with Crippen molar-refractivity contribution in [3.05, 3.63) is 0 Å². The fourth-order valence-corrected chi connectivity index (χ4v) is 3.39. The number of nitrogens with one attached hydrogen (secondary N) is 1. The maximum Gasteiger partial charge on any atom is 0.188 e. The fraction of sp³-hybridized carbons (Fsp3) is 0.944. The minimum atomic E-state index is 0. The van der Waals surface area contributed by atoms with Gasteiger partial charge >= 0.3 is 0 Å². The van der Waals surface area contributed by atoms with Crippen LogP contribution in [-0.2, 0) is 4.74 Å². The predicted molar refractivity (Wildman–Crippen MR) is 111 cm³/mol. The summed E-state index contributed by atoms with van der Waals surface area (Å²) in [6.45, 7) is 8.41. The molecule has 0 aromatic carbocycles. The number of rotatable bonds is 10. The number of nitrogens with zero attached hydrogens (tertiary/aromatic N) is 1. The average Bonchev–Trinajstić information content (AvgIpc) is 2.92. The summed E-state index contributed by atoms with van der Waals surface area (Å²) in [6.07, 6.45) is 9.94. The quantitative estimate of drug-likeness (QED) is 0.303. The number of ether oxygens (including phenoxy) is 1. The number of hydrogen-bond acceptors (Lipinski definition) is 2. The first kappa shape index (κ1) is 23.0. The van der Waals surface area contributed by atoms with Crippen molar-refractivity contribution in [3.8, 4) is 0 Å². The van der Waals surface area contributed by atoms with Gasteiger partial charge in [-0.3, -0.25) is 4.99 Å². The van der Waals surface area contributed by atoms with Gasteiger partial charge in [-0.15, -0.1) is 24.0 Å². The highest BCUT2D eigenvalue weighted by Crippen LogP contribution is 2.41. The SMILES string of the molecule is COCCC1(CN=C(N)NC(C)CCCC(C)C)CCCC1.I. The van der Waals surface area contributed by atoms with Gasteiger partial charge in [0.15, 0.2) is 5.96 Å². The molecule has 1 rings (SSSR count). The second-order valence-corrected chi connectivity index (χ2v) is 7.52. The molecule has 0 aromatic rings. The van der Waals surface area contributed by atoms with Crippen molar-refractivity contribution in [1.29, 1.82) is 0 Å². The van der Waals surface area contributed by atoms with Gasteiger partial charge in [0.2, 0.25) is 0 Å². The van der Waals surface area contributed by atoms with E-state index < -0.39 is 0 Å². The van der Waals surface area contributed by atoms with Crippen LogP contribution >= 0.6 is 24.0 Å². The first-order chi connectivity index (χ1) is 10.5. The van der Waals surface area contributed by atoms with E-state index in [1.165, 1.54) is 38.5 Å². The molecule has 0 amide bonds. The monoisotopic (exact) mass is 439 g/mol. The lowest BCUT2D eigenvalue weighted by Crippen LogP contribution is -2.39. The van der Waals surface area contributed by atoms with Crippen LogP contribution in [-0.4, -0.2) is 32.3 Å². The molecule has 0 saturated heterocycles. The van der Waals surface area contributed by atoms with Crippen LogP contribution in [0.25, 0.3) is 0 Å². The van der Waals surface area contributed by atoms with E-state index >= 15 is 0 Å². The van der Waals surface area contributed by atoms with Crippen LogP contribution in [0.4, 0.5) is 0 Å². The molecule has 0 aliphatic heterocycles. The Morgan fingerprint density at radius 1 is 1.22 bits per heavy atom. The van der Waals surface area contributed by atoms with Crippen molar-refractivity contribution in [3.63, 3.8) is 0 Å². The topological polar surface area (TPSA) is 59.6 Å². The largest absolute Gasteiger partial charge is 0.385 e. The van der Waals surface area contributed by atoms with E-state index in [0.717, 1.165) is 31.9 Å². The van der Waals surface area contributed by atoms with Crippen molar-refractivity contribution in [2.75, 3.05) is 20.3 Å². The van der Waals surface area contributed by atoms with Gasteiger partial charge in [-0.2, -0.15) is 0 Å². The lowest BCUT2D eigenvalue weighted by atomic mass is 9.83. The highest BCUT2D eigenvalue weighted by atomic mass is 127. The molecule has 5 heteroatoms. The molecule has 23 heavy (non-hydrogen) atoms. The molecule has 0 bridgehead atoms. The number of aliphatic imine (C=N–C) groups is 1. The number of guanidine groups is 1. The number of nitrogens with two attached hydrogens (primary N) is 1. The van der Waals surface area contributed by atoms with Crippen molar-refractivity contribution in [2.24, 2.45) is 22.1 Å². The first-order valence-corrected chi connectivity index (χ1v) is 9.03. The van der Waals surface area contributed by atoms with E-state index in [4.69, 9.17) is 10.5 Å². The van der Waals surface area contributed by atoms with Gasteiger partial charge in [-0.05, 0) is 43.9 Å². The molecule has 1 atom stereocenters. The Bertz CT molecular complexity index is 328. The molecular formula is C18H38IN3O. The molecule has 0 spiro atoms. The van der Waals surface area contributed by atoms with Crippen LogP contribution < -0.4 is 11.1 Å². The third-order valence-electron chi connectivity index (χ3n) is 4.90.